The van der Waals surface area contributed by atoms with Gasteiger partial charge < -0.3 is 20.1 Å². The van der Waals surface area contributed by atoms with E-state index in [9.17, 15) is 4.79 Å². The summed E-state index contributed by atoms with van der Waals surface area (Å²) in [6.45, 7) is 3.16. The predicted molar refractivity (Wildman–Crippen MR) is 102 cm³/mol. The van der Waals surface area contributed by atoms with E-state index in [2.05, 4.69) is 25.7 Å². The van der Waals surface area contributed by atoms with Crippen LogP contribution in [0.15, 0.2) is 42.9 Å². The molecular formula is C19H20N6O3. The summed E-state index contributed by atoms with van der Waals surface area (Å²) in [6.07, 6.45) is 3.61. The number of nitrogens with one attached hydrogen (secondary N) is 2. The largest absolute Gasteiger partial charge is 0.454 e. The number of carbonyl (C=O) groups excluding carboxylic acids is 1. The van der Waals surface area contributed by atoms with Crippen LogP contribution in [0, 0.1) is 6.92 Å². The molecule has 0 radical (unpaired) electrons. The standard InChI is InChI=1S/C19H20N6O3/c1-13-4-7-25(24-13)18-10-17(22-11-23-18)20-5-6-21-19(26)9-14-2-3-15-16(8-14)28-12-27-15/h2-4,7-8,10-11H,5-6,9,12H2,1H3,(H,21,26)(H,20,22,23). The van der Waals surface area contributed by atoms with Crippen molar-refractivity contribution in [3.63, 3.8) is 0 Å². The fraction of sp³-hybridized carbons (Fsp3) is 0.263. The van der Waals surface area contributed by atoms with Crippen LogP contribution < -0.4 is 20.1 Å². The zero-order valence-electron chi connectivity index (χ0n) is 15.4. The number of amides is 1. The lowest BCUT2D eigenvalue weighted by Gasteiger charge is -2.09. The third-order valence-corrected chi connectivity index (χ3v) is 4.16. The van der Waals surface area contributed by atoms with Crippen LogP contribution in [0.5, 0.6) is 11.5 Å². The highest BCUT2D eigenvalue weighted by Crippen LogP contribution is 2.32. The van der Waals surface area contributed by atoms with Crippen LogP contribution in [-0.4, -0.2) is 45.5 Å². The number of carbonyl (C=O) groups is 1. The van der Waals surface area contributed by atoms with E-state index < -0.39 is 0 Å². The summed E-state index contributed by atoms with van der Waals surface area (Å²) in [5, 5.41) is 10.4. The molecule has 0 saturated heterocycles. The monoisotopic (exact) mass is 380 g/mol. The number of rotatable bonds is 7. The Kier molecular flexibility index (Phi) is 5.05. The summed E-state index contributed by atoms with van der Waals surface area (Å²) in [7, 11) is 0. The Hall–Kier alpha value is -3.62. The molecule has 9 nitrogen and oxygen atoms in total. The number of nitrogens with zero attached hydrogens (tertiary/aromatic N) is 4. The van der Waals surface area contributed by atoms with Crippen LogP contribution in [0.25, 0.3) is 5.82 Å². The van der Waals surface area contributed by atoms with Gasteiger partial charge in [-0.1, -0.05) is 6.07 Å². The molecule has 4 rings (SSSR count). The number of aromatic nitrogens is 4. The van der Waals surface area contributed by atoms with Gasteiger partial charge >= 0.3 is 0 Å². The van der Waals surface area contributed by atoms with Crippen molar-refractivity contribution in [3.05, 3.63) is 54.1 Å². The number of hydrogen-bond acceptors (Lipinski definition) is 7. The molecule has 0 atom stereocenters. The van der Waals surface area contributed by atoms with Crippen molar-refractivity contribution in [2.24, 2.45) is 0 Å². The molecule has 0 fully saturated rings. The van der Waals surface area contributed by atoms with Gasteiger partial charge in [0.25, 0.3) is 0 Å². The first-order valence-electron chi connectivity index (χ1n) is 8.91. The Labute approximate surface area is 161 Å². The van der Waals surface area contributed by atoms with E-state index in [-0.39, 0.29) is 19.1 Å². The van der Waals surface area contributed by atoms with Gasteiger partial charge in [-0.05, 0) is 30.7 Å². The average molecular weight is 380 g/mol. The summed E-state index contributed by atoms with van der Waals surface area (Å²) in [5.74, 6) is 2.68. The first-order valence-corrected chi connectivity index (χ1v) is 8.91. The second kappa shape index (κ2) is 7.95. The quantitative estimate of drug-likeness (QED) is 0.598. The molecule has 3 heterocycles. The Morgan fingerprint density at radius 1 is 1.14 bits per heavy atom. The maximum atomic E-state index is 12.1. The van der Waals surface area contributed by atoms with E-state index in [1.54, 1.807) is 10.7 Å². The molecule has 1 aliphatic rings. The predicted octanol–water partition coefficient (Wildman–Crippen LogP) is 1.47. The number of fused-ring (bicyclic) bond motifs is 1. The normalized spacial score (nSPS) is 12.0. The molecule has 1 aliphatic heterocycles. The minimum absolute atomic E-state index is 0.0592. The van der Waals surface area contributed by atoms with Crippen LogP contribution in [0.2, 0.25) is 0 Å². The molecule has 1 aromatic carbocycles. The summed E-state index contributed by atoms with van der Waals surface area (Å²) in [4.78, 5) is 20.5. The first-order chi connectivity index (χ1) is 13.7. The van der Waals surface area contributed by atoms with Crippen molar-refractivity contribution < 1.29 is 14.3 Å². The SMILES string of the molecule is Cc1ccn(-c2cc(NCCNC(=O)Cc3ccc4c(c3)OCO4)ncn2)n1. The summed E-state index contributed by atoms with van der Waals surface area (Å²) in [5.41, 5.74) is 1.79. The lowest BCUT2D eigenvalue weighted by atomic mass is 10.1. The topological polar surface area (TPSA) is 103 Å². The maximum Gasteiger partial charge on any atom is 0.231 e. The van der Waals surface area contributed by atoms with Crippen LogP contribution in [0.4, 0.5) is 5.82 Å². The van der Waals surface area contributed by atoms with Gasteiger partial charge in [0, 0.05) is 25.4 Å². The lowest BCUT2D eigenvalue weighted by molar-refractivity contribution is -0.120. The molecule has 0 bridgehead atoms. The zero-order valence-corrected chi connectivity index (χ0v) is 15.4. The van der Waals surface area contributed by atoms with Crippen LogP contribution in [-0.2, 0) is 11.2 Å². The molecule has 0 unspecified atom stereocenters. The molecule has 2 N–H and O–H groups in total. The minimum Gasteiger partial charge on any atom is -0.454 e. The highest BCUT2D eigenvalue weighted by molar-refractivity contribution is 5.78. The Morgan fingerprint density at radius 3 is 2.89 bits per heavy atom. The van der Waals surface area contributed by atoms with E-state index in [4.69, 9.17) is 9.47 Å². The third kappa shape index (κ3) is 4.20. The van der Waals surface area contributed by atoms with E-state index >= 15 is 0 Å². The van der Waals surface area contributed by atoms with E-state index in [0.717, 1.165) is 11.3 Å². The van der Waals surface area contributed by atoms with Gasteiger partial charge in [-0.25, -0.2) is 14.6 Å². The average Bonchev–Trinajstić information content (AvgIpc) is 3.34. The van der Waals surface area contributed by atoms with Crippen molar-refractivity contribution in [2.45, 2.75) is 13.3 Å². The second-order valence-corrected chi connectivity index (χ2v) is 6.30. The van der Waals surface area contributed by atoms with E-state index in [0.29, 0.717) is 36.2 Å². The summed E-state index contributed by atoms with van der Waals surface area (Å²) < 4.78 is 12.3. The van der Waals surface area contributed by atoms with Gasteiger partial charge in [0.05, 0.1) is 12.1 Å². The van der Waals surface area contributed by atoms with E-state index in [1.165, 1.54) is 6.33 Å². The van der Waals surface area contributed by atoms with Gasteiger partial charge in [-0.2, -0.15) is 5.10 Å². The van der Waals surface area contributed by atoms with Gasteiger partial charge in [0.2, 0.25) is 12.7 Å². The summed E-state index contributed by atoms with van der Waals surface area (Å²) in [6, 6.07) is 9.23. The van der Waals surface area contributed by atoms with Crippen molar-refractivity contribution in [3.8, 4) is 17.3 Å². The Balaban J connectivity index is 1.24. The van der Waals surface area contributed by atoms with Crippen molar-refractivity contribution >= 4 is 11.7 Å². The summed E-state index contributed by atoms with van der Waals surface area (Å²) >= 11 is 0. The van der Waals surface area contributed by atoms with Crippen LogP contribution >= 0.6 is 0 Å². The van der Waals surface area contributed by atoms with Gasteiger partial charge in [-0.15, -0.1) is 0 Å². The van der Waals surface area contributed by atoms with Crippen molar-refractivity contribution in [1.29, 1.82) is 0 Å². The molecule has 9 heteroatoms. The lowest BCUT2D eigenvalue weighted by Crippen LogP contribution is -2.30. The van der Waals surface area contributed by atoms with Gasteiger partial charge in [0.15, 0.2) is 17.3 Å². The molecule has 144 valence electrons. The highest BCUT2D eigenvalue weighted by Gasteiger charge is 2.14. The molecule has 0 spiro atoms. The van der Waals surface area contributed by atoms with Gasteiger partial charge in [0.1, 0.15) is 12.1 Å². The first kappa shape index (κ1) is 17.8. The van der Waals surface area contributed by atoms with Gasteiger partial charge in [-0.3, -0.25) is 4.79 Å². The number of ether oxygens (including phenoxy) is 2. The molecule has 2 aromatic heterocycles. The third-order valence-electron chi connectivity index (χ3n) is 4.16. The number of hydrogen-bond donors (Lipinski definition) is 2. The molecule has 1 amide bonds. The number of aryl methyl sites for hydroxylation is 1. The molecule has 28 heavy (non-hydrogen) atoms. The number of benzene rings is 1. The Bertz CT molecular complexity index is 987. The highest BCUT2D eigenvalue weighted by atomic mass is 16.7. The van der Waals surface area contributed by atoms with Crippen molar-refractivity contribution in [2.75, 3.05) is 25.2 Å². The molecular weight excluding hydrogens is 360 g/mol. The zero-order chi connectivity index (χ0) is 19.3. The maximum absolute atomic E-state index is 12.1. The smallest absolute Gasteiger partial charge is 0.231 e. The van der Waals surface area contributed by atoms with Crippen LogP contribution in [0.1, 0.15) is 11.3 Å². The minimum atomic E-state index is -0.0592. The van der Waals surface area contributed by atoms with Crippen LogP contribution in [0.3, 0.4) is 0 Å². The van der Waals surface area contributed by atoms with Crippen molar-refractivity contribution in [1.82, 2.24) is 25.1 Å². The number of anilines is 1. The second-order valence-electron chi connectivity index (χ2n) is 6.30. The molecule has 3 aromatic rings. The Morgan fingerprint density at radius 2 is 2.04 bits per heavy atom. The fourth-order valence-corrected chi connectivity index (χ4v) is 2.80. The molecule has 0 aliphatic carbocycles. The molecule has 0 saturated carbocycles. The van der Waals surface area contributed by atoms with E-state index in [1.807, 2.05) is 37.4 Å². The fourth-order valence-electron chi connectivity index (χ4n) is 2.80.